The van der Waals surface area contributed by atoms with E-state index in [-0.39, 0.29) is 5.82 Å². The number of hydrogen-bond donors (Lipinski definition) is 0. The van der Waals surface area contributed by atoms with Crippen LogP contribution in [0.1, 0.15) is 4.88 Å². The van der Waals surface area contributed by atoms with Crippen LogP contribution in [-0.2, 0) is 6.61 Å². The van der Waals surface area contributed by atoms with Gasteiger partial charge in [-0.05, 0) is 23.6 Å². The molecular formula is C11H9FOS. The third-order valence-electron chi connectivity index (χ3n) is 1.76. The van der Waals surface area contributed by atoms with Gasteiger partial charge in [-0.15, -0.1) is 11.3 Å². The highest BCUT2D eigenvalue weighted by Gasteiger charge is 1.97. The first-order valence-corrected chi connectivity index (χ1v) is 5.13. The molecule has 0 saturated carbocycles. The maximum atomic E-state index is 12.8. The van der Waals surface area contributed by atoms with Crippen molar-refractivity contribution < 1.29 is 9.13 Å². The van der Waals surface area contributed by atoms with Crippen LogP contribution in [0.15, 0.2) is 41.8 Å². The Morgan fingerprint density at radius 1 is 1.21 bits per heavy atom. The average molecular weight is 208 g/mol. The van der Waals surface area contributed by atoms with E-state index >= 15 is 0 Å². The minimum absolute atomic E-state index is 0.270. The van der Waals surface area contributed by atoms with Gasteiger partial charge in [0.15, 0.2) is 0 Å². The molecule has 0 unspecified atom stereocenters. The molecule has 0 aliphatic carbocycles. The zero-order valence-electron chi connectivity index (χ0n) is 7.44. The fourth-order valence-electron chi connectivity index (χ4n) is 1.11. The van der Waals surface area contributed by atoms with Crippen LogP contribution in [0.3, 0.4) is 0 Å². The standard InChI is InChI=1S/C11H9FOS/c12-9-3-1-4-10(7-9)13-8-11-5-2-6-14-11/h1-7H,8H2. The Hall–Kier alpha value is -1.35. The van der Waals surface area contributed by atoms with Gasteiger partial charge in [0, 0.05) is 10.9 Å². The summed E-state index contributed by atoms with van der Waals surface area (Å²) in [5.41, 5.74) is 0. The van der Waals surface area contributed by atoms with E-state index in [1.54, 1.807) is 23.5 Å². The highest BCUT2D eigenvalue weighted by atomic mass is 32.1. The first-order chi connectivity index (χ1) is 6.84. The largest absolute Gasteiger partial charge is 0.488 e. The molecule has 0 saturated heterocycles. The molecule has 0 radical (unpaired) electrons. The second-order valence-electron chi connectivity index (χ2n) is 2.83. The van der Waals surface area contributed by atoms with Crippen molar-refractivity contribution >= 4 is 11.3 Å². The Morgan fingerprint density at radius 2 is 2.14 bits per heavy atom. The molecule has 14 heavy (non-hydrogen) atoms. The molecule has 0 N–H and O–H groups in total. The molecule has 0 aliphatic heterocycles. The number of hydrogen-bond acceptors (Lipinski definition) is 2. The zero-order valence-corrected chi connectivity index (χ0v) is 8.26. The summed E-state index contributed by atoms with van der Waals surface area (Å²) >= 11 is 1.63. The third kappa shape index (κ3) is 2.33. The van der Waals surface area contributed by atoms with Gasteiger partial charge in [0.2, 0.25) is 0 Å². The molecule has 2 rings (SSSR count). The molecule has 1 aromatic carbocycles. The van der Waals surface area contributed by atoms with Crippen LogP contribution in [0.4, 0.5) is 4.39 Å². The van der Waals surface area contributed by atoms with Gasteiger partial charge in [0.1, 0.15) is 18.2 Å². The highest BCUT2D eigenvalue weighted by Crippen LogP contribution is 2.16. The highest BCUT2D eigenvalue weighted by molar-refractivity contribution is 7.09. The SMILES string of the molecule is Fc1cccc(OCc2cccs2)c1. The van der Waals surface area contributed by atoms with Crippen molar-refractivity contribution in [3.63, 3.8) is 0 Å². The van der Waals surface area contributed by atoms with E-state index < -0.39 is 0 Å². The smallest absolute Gasteiger partial charge is 0.126 e. The first-order valence-electron chi connectivity index (χ1n) is 4.25. The van der Waals surface area contributed by atoms with Crippen LogP contribution in [0.25, 0.3) is 0 Å². The van der Waals surface area contributed by atoms with Crippen LogP contribution in [0, 0.1) is 5.82 Å². The number of halogens is 1. The van der Waals surface area contributed by atoms with E-state index in [1.165, 1.54) is 12.1 Å². The summed E-state index contributed by atoms with van der Waals surface area (Å²) < 4.78 is 18.2. The van der Waals surface area contributed by atoms with Crippen LogP contribution in [0.2, 0.25) is 0 Å². The van der Waals surface area contributed by atoms with Crippen LogP contribution in [0.5, 0.6) is 5.75 Å². The molecule has 72 valence electrons. The molecule has 0 fully saturated rings. The Balaban J connectivity index is 1.98. The molecule has 0 atom stereocenters. The van der Waals surface area contributed by atoms with Crippen molar-refractivity contribution in [1.82, 2.24) is 0 Å². The number of thiophene rings is 1. The molecule has 0 amide bonds. The number of ether oxygens (including phenoxy) is 1. The summed E-state index contributed by atoms with van der Waals surface area (Å²) in [5, 5.41) is 1.99. The summed E-state index contributed by atoms with van der Waals surface area (Å²) in [7, 11) is 0. The Bertz CT molecular complexity index is 397. The van der Waals surface area contributed by atoms with Gasteiger partial charge >= 0.3 is 0 Å². The van der Waals surface area contributed by atoms with Crippen molar-refractivity contribution in [2.45, 2.75) is 6.61 Å². The van der Waals surface area contributed by atoms with Crippen molar-refractivity contribution in [2.75, 3.05) is 0 Å². The molecule has 1 nitrogen and oxygen atoms in total. The second-order valence-corrected chi connectivity index (χ2v) is 3.86. The molecule has 1 heterocycles. The maximum Gasteiger partial charge on any atom is 0.126 e. The van der Waals surface area contributed by atoms with Gasteiger partial charge in [-0.3, -0.25) is 0 Å². The summed E-state index contributed by atoms with van der Waals surface area (Å²) in [6.45, 7) is 0.501. The molecule has 1 aromatic heterocycles. The van der Waals surface area contributed by atoms with Gasteiger partial charge in [0.05, 0.1) is 0 Å². The topological polar surface area (TPSA) is 9.23 Å². The zero-order chi connectivity index (χ0) is 9.80. The first kappa shape index (κ1) is 9.21. The lowest BCUT2D eigenvalue weighted by Gasteiger charge is -2.03. The number of rotatable bonds is 3. The van der Waals surface area contributed by atoms with E-state index in [1.807, 2.05) is 17.5 Å². The van der Waals surface area contributed by atoms with Gasteiger partial charge in [0.25, 0.3) is 0 Å². The van der Waals surface area contributed by atoms with E-state index in [0.717, 1.165) is 4.88 Å². The van der Waals surface area contributed by atoms with Crippen molar-refractivity contribution in [3.8, 4) is 5.75 Å². The summed E-state index contributed by atoms with van der Waals surface area (Å²) in [4.78, 5) is 1.13. The third-order valence-corrected chi connectivity index (χ3v) is 2.61. The molecule has 3 heteroatoms. The number of benzene rings is 1. The minimum atomic E-state index is -0.270. The van der Waals surface area contributed by atoms with E-state index in [0.29, 0.717) is 12.4 Å². The fraction of sp³-hybridized carbons (Fsp3) is 0.0909. The van der Waals surface area contributed by atoms with Gasteiger partial charge in [-0.2, -0.15) is 0 Å². The van der Waals surface area contributed by atoms with E-state index in [4.69, 9.17) is 4.74 Å². The second kappa shape index (κ2) is 4.24. The van der Waals surface area contributed by atoms with Crippen molar-refractivity contribution in [1.29, 1.82) is 0 Å². The summed E-state index contributed by atoms with van der Waals surface area (Å²) in [6, 6.07) is 10.1. The minimum Gasteiger partial charge on any atom is -0.488 e. The lowest BCUT2D eigenvalue weighted by molar-refractivity contribution is 0.308. The molecule has 0 bridgehead atoms. The Labute approximate surface area is 85.8 Å². The lowest BCUT2D eigenvalue weighted by Crippen LogP contribution is -1.92. The molecule has 2 aromatic rings. The van der Waals surface area contributed by atoms with Crippen molar-refractivity contribution in [2.24, 2.45) is 0 Å². The van der Waals surface area contributed by atoms with Gasteiger partial charge in [-0.1, -0.05) is 12.1 Å². The van der Waals surface area contributed by atoms with Crippen LogP contribution < -0.4 is 4.74 Å². The quantitative estimate of drug-likeness (QED) is 0.750. The average Bonchev–Trinajstić information content (AvgIpc) is 2.67. The van der Waals surface area contributed by atoms with E-state index in [2.05, 4.69) is 0 Å². The van der Waals surface area contributed by atoms with Crippen LogP contribution >= 0.6 is 11.3 Å². The maximum absolute atomic E-state index is 12.8. The van der Waals surface area contributed by atoms with Gasteiger partial charge < -0.3 is 4.74 Å². The Kier molecular flexibility index (Phi) is 2.79. The predicted molar refractivity (Wildman–Crippen MR) is 55.1 cm³/mol. The normalized spacial score (nSPS) is 10.1. The predicted octanol–water partition coefficient (Wildman–Crippen LogP) is 3.47. The van der Waals surface area contributed by atoms with Crippen LogP contribution in [-0.4, -0.2) is 0 Å². The monoisotopic (exact) mass is 208 g/mol. The molecule has 0 aliphatic rings. The summed E-state index contributed by atoms with van der Waals surface area (Å²) in [6.07, 6.45) is 0. The summed E-state index contributed by atoms with van der Waals surface area (Å²) in [5.74, 6) is 0.298. The molecular weight excluding hydrogens is 199 g/mol. The van der Waals surface area contributed by atoms with Crippen molar-refractivity contribution in [3.05, 3.63) is 52.5 Å². The Morgan fingerprint density at radius 3 is 2.86 bits per heavy atom. The van der Waals surface area contributed by atoms with Gasteiger partial charge in [-0.25, -0.2) is 4.39 Å². The molecule has 0 spiro atoms. The van der Waals surface area contributed by atoms with E-state index in [9.17, 15) is 4.39 Å². The fourth-order valence-corrected chi connectivity index (χ4v) is 1.72. The lowest BCUT2D eigenvalue weighted by atomic mass is 10.3.